The molecule has 38 heavy (non-hydrogen) atoms. The second-order valence-electron chi connectivity index (χ2n) is 10.4. The average Bonchev–Trinajstić information content (AvgIpc) is 3.29. The largest absolute Gasteiger partial charge is 0.337 e. The molecule has 3 aromatic rings. The topological polar surface area (TPSA) is 69.6 Å². The van der Waals surface area contributed by atoms with E-state index in [0.717, 1.165) is 55.6 Å². The molecule has 7 nitrogen and oxygen atoms in total. The van der Waals surface area contributed by atoms with E-state index in [1.807, 2.05) is 58.5 Å². The van der Waals surface area contributed by atoms with E-state index in [1.54, 1.807) is 19.3 Å². The Morgan fingerprint density at radius 1 is 0.921 bits per heavy atom. The highest BCUT2D eigenvalue weighted by molar-refractivity contribution is 5.92. The summed E-state index contributed by atoms with van der Waals surface area (Å²) in [4.78, 5) is 41.7. The Kier molecular flexibility index (Phi) is 8.44. The van der Waals surface area contributed by atoms with Gasteiger partial charge in [-0.15, -0.1) is 0 Å². The van der Waals surface area contributed by atoms with Crippen molar-refractivity contribution in [3.05, 3.63) is 90.0 Å². The molecule has 0 N–H and O–H groups in total. The minimum atomic E-state index is 0.0396. The van der Waals surface area contributed by atoms with E-state index in [4.69, 9.17) is 0 Å². The standard InChI is InChI=1S/C31H37N5O2/c1-24(37)35-20-16-28-12-13-29(36(28)22-27-9-4-5-17-33-27)23-34(21-26-8-2-3-10-30(26)35)31(38)11-6-7-25-14-18-32-19-15-25/h2-5,8-10,14-15,17-19,28-29H,6-7,11-13,16,20-23H2,1H3/t28-,29+/m0/s1. The fraction of sp³-hybridized carbons (Fsp3) is 0.419. The number of nitrogens with zero attached hydrogens (tertiary/aromatic N) is 5. The molecule has 2 aromatic heterocycles. The first-order chi connectivity index (χ1) is 18.6. The van der Waals surface area contributed by atoms with Crippen molar-refractivity contribution >= 4 is 17.5 Å². The summed E-state index contributed by atoms with van der Waals surface area (Å²) in [5, 5.41) is 0. The van der Waals surface area contributed by atoms with Crippen LogP contribution in [0.15, 0.2) is 73.2 Å². The highest BCUT2D eigenvalue weighted by atomic mass is 16.2. The summed E-state index contributed by atoms with van der Waals surface area (Å²) in [6.45, 7) is 4.26. The summed E-state index contributed by atoms with van der Waals surface area (Å²) in [6.07, 6.45) is 10.6. The Labute approximate surface area is 225 Å². The summed E-state index contributed by atoms with van der Waals surface area (Å²) < 4.78 is 0. The van der Waals surface area contributed by atoms with E-state index in [0.29, 0.717) is 32.1 Å². The predicted molar refractivity (Wildman–Crippen MR) is 148 cm³/mol. The number of aryl methyl sites for hydroxylation is 1. The molecule has 0 unspecified atom stereocenters. The van der Waals surface area contributed by atoms with Crippen LogP contribution in [-0.2, 0) is 29.1 Å². The van der Waals surface area contributed by atoms with Crippen LogP contribution in [-0.4, -0.2) is 56.8 Å². The van der Waals surface area contributed by atoms with Crippen LogP contribution in [0.3, 0.4) is 0 Å². The third-order valence-corrected chi connectivity index (χ3v) is 7.94. The summed E-state index contributed by atoms with van der Waals surface area (Å²) in [7, 11) is 0. The quantitative estimate of drug-likeness (QED) is 0.483. The summed E-state index contributed by atoms with van der Waals surface area (Å²) >= 11 is 0. The van der Waals surface area contributed by atoms with Gasteiger partial charge < -0.3 is 9.80 Å². The summed E-state index contributed by atoms with van der Waals surface area (Å²) in [6, 6.07) is 18.7. The number of amides is 2. The van der Waals surface area contributed by atoms with Crippen LogP contribution >= 0.6 is 0 Å². The van der Waals surface area contributed by atoms with Crippen molar-refractivity contribution in [2.45, 2.75) is 70.6 Å². The number of hydrogen-bond donors (Lipinski definition) is 0. The molecule has 1 saturated heterocycles. The number of hydrogen-bond acceptors (Lipinski definition) is 5. The Morgan fingerprint density at radius 3 is 2.50 bits per heavy atom. The number of pyridine rings is 2. The number of anilines is 1. The smallest absolute Gasteiger partial charge is 0.223 e. The number of para-hydroxylation sites is 1. The molecule has 1 fully saturated rings. The summed E-state index contributed by atoms with van der Waals surface area (Å²) in [5.74, 6) is 0.210. The van der Waals surface area contributed by atoms with Crippen molar-refractivity contribution in [2.75, 3.05) is 18.0 Å². The number of carbonyl (C=O) groups is 2. The zero-order valence-corrected chi connectivity index (χ0v) is 22.2. The molecule has 2 bridgehead atoms. The Hall–Kier alpha value is -3.58. The van der Waals surface area contributed by atoms with Crippen LogP contribution in [0.1, 0.15) is 55.8 Å². The van der Waals surface area contributed by atoms with Gasteiger partial charge >= 0.3 is 0 Å². The molecule has 4 heterocycles. The van der Waals surface area contributed by atoms with Gasteiger partial charge in [0.2, 0.25) is 11.8 Å². The van der Waals surface area contributed by atoms with Crippen molar-refractivity contribution in [3.63, 3.8) is 0 Å². The molecule has 198 valence electrons. The maximum absolute atomic E-state index is 13.7. The monoisotopic (exact) mass is 511 g/mol. The third kappa shape index (κ3) is 6.27. The van der Waals surface area contributed by atoms with Gasteiger partial charge in [-0.05, 0) is 73.6 Å². The van der Waals surface area contributed by atoms with Gasteiger partial charge in [0.05, 0.1) is 5.69 Å². The van der Waals surface area contributed by atoms with Crippen LogP contribution in [0.5, 0.6) is 0 Å². The lowest BCUT2D eigenvalue weighted by atomic mass is 10.1. The van der Waals surface area contributed by atoms with Crippen LogP contribution < -0.4 is 4.90 Å². The fourth-order valence-corrected chi connectivity index (χ4v) is 5.96. The Bertz CT molecular complexity index is 1220. The minimum absolute atomic E-state index is 0.0396. The fourth-order valence-electron chi connectivity index (χ4n) is 5.96. The molecule has 2 aliphatic heterocycles. The third-order valence-electron chi connectivity index (χ3n) is 7.94. The van der Waals surface area contributed by atoms with E-state index < -0.39 is 0 Å². The van der Waals surface area contributed by atoms with Crippen LogP contribution in [0.4, 0.5) is 5.69 Å². The number of fused-ring (bicyclic) bond motifs is 3. The van der Waals surface area contributed by atoms with Gasteiger partial charge in [-0.25, -0.2) is 0 Å². The zero-order chi connectivity index (χ0) is 26.3. The first-order valence-corrected chi connectivity index (χ1v) is 13.8. The van der Waals surface area contributed by atoms with Crippen LogP contribution in [0.2, 0.25) is 0 Å². The van der Waals surface area contributed by atoms with E-state index in [9.17, 15) is 9.59 Å². The SMILES string of the molecule is CC(=O)N1CC[C@@H]2CC[C@H](CN(C(=O)CCCc3ccncc3)Cc3ccccc31)N2Cc1ccccn1. The zero-order valence-electron chi connectivity index (χ0n) is 22.2. The first kappa shape index (κ1) is 26.0. The lowest BCUT2D eigenvalue weighted by Crippen LogP contribution is -2.45. The molecular formula is C31H37N5O2. The van der Waals surface area contributed by atoms with Crippen molar-refractivity contribution in [2.24, 2.45) is 0 Å². The van der Waals surface area contributed by atoms with E-state index in [2.05, 4.69) is 27.0 Å². The highest BCUT2D eigenvalue weighted by Gasteiger charge is 2.36. The molecule has 7 heteroatoms. The minimum Gasteiger partial charge on any atom is -0.337 e. The molecular weight excluding hydrogens is 474 g/mol. The first-order valence-electron chi connectivity index (χ1n) is 13.8. The molecule has 0 spiro atoms. The number of benzene rings is 1. The second-order valence-corrected chi connectivity index (χ2v) is 10.4. The normalized spacial score (nSPS) is 20.0. The number of aromatic nitrogens is 2. The molecule has 2 atom stereocenters. The average molecular weight is 512 g/mol. The lowest BCUT2D eigenvalue weighted by Gasteiger charge is -2.33. The van der Waals surface area contributed by atoms with Gasteiger partial charge in [0.1, 0.15) is 0 Å². The summed E-state index contributed by atoms with van der Waals surface area (Å²) in [5.41, 5.74) is 4.19. The lowest BCUT2D eigenvalue weighted by molar-refractivity contribution is -0.132. The highest BCUT2D eigenvalue weighted by Crippen LogP contribution is 2.32. The van der Waals surface area contributed by atoms with E-state index >= 15 is 0 Å². The van der Waals surface area contributed by atoms with E-state index in [1.165, 1.54) is 5.56 Å². The molecule has 2 aliphatic rings. The maximum atomic E-state index is 13.7. The van der Waals surface area contributed by atoms with Gasteiger partial charge in [-0.1, -0.05) is 24.3 Å². The predicted octanol–water partition coefficient (Wildman–Crippen LogP) is 4.62. The molecule has 0 saturated carbocycles. The maximum Gasteiger partial charge on any atom is 0.223 e. The molecule has 0 radical (unpaired) electrons. The van der Waals surface area contributed by atoms with Gasteiger partial charge in [0.25, 0.3) is 0 Å². The van der Waals surface area contributed by atoms with Crippen molar-refractivity contribution in [3.8, 4) is 0 Å². The van der Waals surface area contributed by atoms with Gasteiger partial charge in [0, 0.05) is 75.9 Å². The van der Waals surface area contributed by atoms with E-state index in [-0.39, 0.29) is 17.9 Å². The van der Waals surface area contributed by atoms with Crippen LogP contribution in [0.25, 0.3) is 0 Å². The van der Waals surface area contributed by atoms with Gasteiger partial charge in [-0.2, -0.15) is 0 Å². The second kappa shape index (κ2) is 12.3. The molecule has 1 aromatic carbocycles. The molecule has 5 rings (SSSR count). The van der Waals surface area contributed by atoms with Crippen LogP contribution in [0, 0.1) is 0 Å². The van der Waals surface area contributed by atoms with Gasteiger partial charge in [0.15, 0.2) is 0 Å². The van der Waals surface area contributed by atoms with Crippen molar-refractivity contribution in [1.82, 2.24) is 19.8 Å². The molecule has 0 aliphatic carbocycles. The van der Waals surface area contributed by atoms with Gasteiger partial charge in [-0.3, -0.25) is 24.5 Å². The molecule has 2 amide bonds. The van der Waals surface area contributed by atoms with Crippen molar-refractivity contribution < 1.29 is 9.59 Å². The Balaban J connectivity index is 1.41. The van der Waals surface area contributed by atoms with Crippen molar-refractivity contribution in [1.29, 1.82) is 0 Å². The Morgan fingerprint density at radius 2 is 1.71 bits per heavy atom. The number of carbonyl (C=O) groups excluding carboxylic acids is 2. The number of rotatable bonds is 6.